The van der Waals surface area contributed by atoms with Crippen LogP contribution >= 0.6 is 0 Å². The molecule has 1 aliphatic heterocycles. The van der Waals surface area contributed by atoms with Gasteiger partial charge in [-0.05, 0) is 24.5 Å². The number of para-hydroxylation sites is 1. The number of fused-ring (bicyclic) bond motifs is 1. The number of carbonyl (C=O) groups is 3. The summed E-state index contributed by atoms with van der Waals surface area (Å²) >= 11 is 0. The maximum absolute atomic E-state index is 13.8. The van der Waals surface area contributed by atoms with Gasteiger partial charge >= 0.3 is 0 Å². The molecule has 1 aromatic rings. The van der Waals surface area contributed by atoms with Crippen molar-refractivity contribution >= 4 is 23.3 Å². The van der Waals surface area contributed by atoms with E-state index in [2.05, 4.69) is 5.32 Å². The largest absolute Gasteiger partial charge is 0.355 e. The molecule has 0 bridgehead atoms. The van der Waals surface area contributed by atoms with Gasteiger partial charge in [-0.2, -0.15) is 0 Å². The second-order valence-electron chi connectivity index (χ2n) is 5.39. The highest BCUT2D eigenvalue weighted by atomic mass is 19.1. The summed E-state index contributed by atoms with van der Waals surface area (Å²) in [7, 11) is 0. The fourth-order valence-corrected chi connectivity index (χ4v) is 2.16. The number of hydrogen-bond donors (Lipinski definition) is 1. The zero-order chi connectivity index (χ0) is 15.6. The molecule has 6 heteroatoms. The maximum Gasteiger partial charge on any atom is 0.300 e. The standard InChI is InChI=1S/C15H17FN2O3/c1-9(2)6-7-17-12(19)8-18-13-10(14(20)15(18)21)4-3-5-11(13)16/h3-5,9H,6-8H2,1-2H3,(H,17,19). The molecule has 0 unspecified atom stereocenters. The minimum Gasteiger partial charge on any atom is -0.355 e. The quantitative estimate of drug-likeness (QED) is 0.837. The lowest BCUT2D eigenvalue weighted by Crippen LogP contribution is -2.40. The highest BCUT2D eigenvalue weighted by Gasteiger charge is 2.38. The Labute approximate surface area is 122 Å². The number of hydrogen-bond acceptors (Lipinski definition) is 3. The van der Waals surface area contributed by atoms with Crippen molar-refractivity contribution in [3.8, 4) is 0 Å². The molecule has 0 radical (unpaired) electrons. The molecule has 1 N–H and O–H groups in total. The Morgan fingerprint density at radius 3 is 2.71 bits per heavy atom. The monoisotopic (exact) mass is 292 g/mol. The number of Topliss-reactive ketones (excluding diaryl/α,β-unsaturated/α-hetero) is 1. The van der Waals surface area contributed by atoms with Crippen LogP contribution in [0.25, 0.3) is 0 Å². The number of benzene rings is 1. The predicted molar refractivity (Wildman–Crippen MR) is 75.5 cm³/mol. The molecule has 2 amide bonds. The van der Waals surface area contributed by atoms with Gasteiger partial charge in [-0.1, -0.05) is 19.9 Å². The summed E-state index contributed by atoms with van der Waals surface area (Å²) in [6.45, 7) is 4.19. The zero-order valence-corrected chi connectivity index (χ0v) is 12.0. The summed E-state index contributed by atoms with van der Waals surface area (Å²) in [6.07, 6.45) is 0.809. The van der Waals surface area contributed by atoms with Crippen LogP contribution < -0.4 is 10.2 Å². The van der Waals surface area contributed by atoms with Crippen LogP contribution in [-0.4, -0.2) is 30.7 Å². The van der Waals surface area contributed by atoms with Crippen molar-refractivity contribution in [3.63, 3.8) is 0 Å². The lowest BCUT2D eigenvalue weighted by atomic mass is 10.1. The molecule has 112 valence electrons. The van der Waals surface area contributed by atoms with E-state index in [1.54, 1.807) is 0 Å². The number of carbonyl (C=O) groups excluding carboxylic acids is 3. The van der Waals surface area contributed by atoms with E-state index in [0.29, 0.717) is 12.5 Å². The minimum absolute atomic E-state index is 0.00924. The summed E-state index contributed by atoms with van der Waals surface area (Å²) in [5, 5.41) is 2.66. The Hall–Kier alpha value is -2.24. The van der Waals surface area contributed by atoms with Crippen molar-refractivity contribution < 1.29 is 18.8 Å². The third-order valence-corrected chi connectivity index (χ3v) is 3.29. The van der Waals surface area contributed by atoms with Crippen LogP contribution in [0.4, 0.5) is 10.1 Å². The summed E-state index contributed by atoms with van der Waals surface area (Å²) < 4.78 is 13.8. The molecule has 1 heterocycles. The smallest absolute Gasteiger partial charge is 0.300 e. The van der Waals surface area contributed by atoms with E-state index in [4.69, 9.17) is 0 Å². The predicted octanol–water partition coefficient (Wildman–Crippen LogP) is 1.52. The third kappa shape index (κ3) is 3.09. The second-order valence-corrected chi connectivity index (χ2v) is 5.39. The number of nitrogens with zero attached hydrogens (tertiary/aromatic N) is 1. The van der Waals surface area contributed by atoms with Gasteiger partial charge in [0, 0.05) is 6.54 Å². The van der Waals surface area contributed by atoms with Gasteiger partial charge in [0.25, 0.3) is 11.7 Å². The van der Waals surface area contributed by atoms with Crippen molar-refractivity contribution in [2.24, 2.45) is 5.92 Å². The Kier molecular flexibility index (Phi) is 4.35. The normalized spacial score (nSPS) is 13.8. The fraction of sp³-hybridized carbons (Fsp3) is 0.400. The molecular weight excluding hydrogens is 275 g/mol. The number of halogens is 1. The number of rotatable bonds is 5. The maximum atomic E-state index is 13.8. The van der Waals surface area contributed by atoms with E-state index < -0.39 is 23.4 Å². The number of anilines is 1. The number of ketones is 1. The Morgan fingerprint density at radius 1 is 1.33 bits per heavy atom. The van der Waals surface area contributed by atoms with Crippen LogP contribution in [0.1, 0.15) is 30.6 Å². The highest BCUT2D eigenvalue weighted by molar-refractivity contribution is 6.52. The van der Waals surface area contributed by atoms with Gasteiger partial charge in [-0.15, -0.1) is 0 Å². The Bertz CT molecular complexity index is 599. The van der Waals surface area contributed by atoms with Gasteiger partial charge in [0.15, 0.2) is 0 Å². The van der Waals surface area contributed by atoms with Crippen LogP contribution in [0.5, 0.6) is 0 Å². The van der Waals surface area contributed by atoms with Crippen LogP contribution in [0.15, 0.2) is 18.2 Å². The third-order valence-electron chi connectivity index (χ3n) is 3.29. The first kappa shape index (κ1) is 15.2. The number of nitrogens with one attached hydrogen (secondary N) is 1. The molecule has 1 aliphatic rings. The van der Waals surface area contributed by atoms with Crippen molar-refractivity contribution in [2.45, 2.75) is 20.3 Å². The first-order valence-corrected chi connectivity index (χ1v) is 6.83. The Balaban J connectivity index is 2.09. The molecule has 5 nitrogen and oxygen atoms in total. The second kappa shape index (κ2) is 6.03. The van der Waals surface area contributed by atoms with E-state index >= 15 is 0 Å². The first-order chi connectivity index (χ1) is 9.91. The van der Waals surface area contributed by atoms with Crippen molar-refractivity contribution in [2.75, 3.05) is 18.0 Å². The molecule has 1 aromatic carbocycles. The summed E-state index contributed by atoms with van der Waals surface area (Å²) in [4.78, 5) is 36.3. The number of amides is 2. The first-order valence-electron chi connectivity index (χ1n) is 6.83. The summed E-state index contributed by atoms with van der Waals surface area (Å²) in [5.41, 5.74) is -0.0958. The lowest BCUT2D eigenvalue weighted by molar-refractivity contribution is -0.122. The van der Waals surface area contributed by atoms with Crippen molar-refractivity contribution in [1.29, 1.82) is 0 Å². The average molecular weight is 292 g/mol. The molecule has 0 saturated heterocycles. The van der Waals surface area contributed by atoms with Gasteiger partial charge in [0.05, 0.1) is 11.3 Å². The van der Waals surface area contributed by atoms with E-state index in [9.17, 15) is 18.8 Å². The van der Waals surface area contributed by atoms with Crippen LogP contribution in [0.2, 0.25) is 0 Å². The fourth-order valence-electron chi connectivity index (χ4n) is 2.16. The van der Waals surface area contributed by atoms with Crippen molar-refractivity contribution in [1.82, 2.24) is 5.32 Å². The molecule has 21 heavy (non-hydrogen) atoms. The Morgan fingerprint density at radius 2 is 2.05 bits per heavy atom. The van der Waals surface area contributed by atoms with E-state index in [0.717, 1.165) is 17.4 Å². The minimum atomic E-state index is -0.867. The van der Waals surface area contributed by atoms with Gasteiger partial charge < -0.3 is 5.32 Å². The lowest BCUT2D eigenvalue weighted by Gasteiger charge is -2.16. The molecule has 0 aliphatic carbocycles. The van der Waals surface area contributed by atoms with Crippen LogP contribution in [-0.2, 0) is 9.59 Å². The van der Waals surface area contributed by atoms with Crippen LogP contribution in [0, 0.1) is 11.7 Å². The highest BCUT2D eigenvalue weighted by Crippen LogP contribution is 2.31. The van der Waals surface area contributed by atoms with Crippen molar-refractivity contribution in [3.05, 3.63) is 29.6 Å². The topological polar surface area (TPSA) is 66.5 Å². The van der Waals surface area contributed by atoms with Gasteiger partial charge in [0.1, 0.15) is 12.4 Å². The molecule has 0 atom stereocenters. The van der Waals surface area contributed by atoms with E-state index in [1.807, 2.05) is 13.8 Å². The summed E-state index contributed by atoms with van der Waals surface area (Å²) in [6, 6.07) is 3.91. The molecule has 2 rings (SSSR count). The van der Waals surface area contributed by atoms with Gasteiger partial charge in [-0.25, -0.2) is 4.39 Å². The average Bonchev–Trinajstić information content (AvgIpc) is 2.65. The van der Waals surface area contributed by atoms with Gasteiger partial charge in [-0.3, -0.25) is 19.3 Å². The molecule has 0 saturated carbocycles. The van der Waals surface area contributed by atoms with E-state index in [-0.39, 0.29) is 17.8 Å². The zero-order valence-electron chi connectivity index (χ0n) is 12.0. The van der Waals surface area contributed by atoms with Crippen LogP contribution in [0.3, 0.4) is 0 Å². The molecule has 0 spiro atoms. The SMILES string of the molecule is CC(C)CCNC(=O)CN1C(=O)C(=O)c2cccc(F)c21. The molecule has 0 fully saturated rings. The molecular formula is C15H17FN2O3. The van der Waals surface area contributed by atoms with Gasteiger partial charge in [0.2, 0.25) is 5.91 Å². The van der Waals surface area contributed by atoms with E-state index in [1.165, 1.54) is 12.1 Å². The summed E-state index contributed by atoms with van der Waals surface area (Å²) in [5.74, 6) is -2.29. The molecule has 0 aromatic heterocycles.